The lowest BCUT2D eigenvalue weighted by Crippen LogP contribution is -1.88. The van der Waals surface area contributed by atoms with Gasteiger partial charge in [-0.1, -0.05) is 23.7 Å². The van der Waals surface area contributed by atoms with Crippen LogP contribution in [0.4, 0.5) is 4.39 Å². The van der Waals surface area contributed by atoms with Crippen molar-refractivity contribution >= 4 is 23.4 Å². The Bertz CT molecular complexity index is 476. The predicted octanol–water partition coefficient (Wildman–Crippen LogP) is 4.17. The van der Waals surface area contributed by atoms with Crippen LogP contribution in [0.5, 0.6) is 0 Å². The number of nitrogens with zero attached hydrogens (tertiary/aromatic N) is 1. The van der Waals surface area contributed by atoms with Gasteiger partial charge in [-0.25, -0.2) is 9.37 Å². The normalized spacial score (nSPS) is 10.4. The number of halogens is 2. The van der Waals surface area contributed by atoms with Gasteiger partial charge in [-0.3, -0.25) is 0 Å². The molecule has 16 heavy (non-hydrogen) atoms. The molecule has 1 nitrogen and oxygen atoms in total. The molecule has 4 heteroatoms. The Labute approximate surface area is 103 Å². The minimum absolute atomic E-state index is 0.268. The van der Waals surface area contributed by atoms with Crippen LogP contribution in [0.3, 0.4) is 0 Å². The van der Waals surface area contributed by atoms with Gasteiger partial charge in [0.25, 0.3) is 0 Å². The summed E-state index contributed by atoms with van der Waals surface area (Å²) in [5.41, 5.74) is 0.639. The first-order valence-electron chi connectivity index (χ1n) is 4.73. The minimum Gasteiger partial charge on any atom is -0.250 e. The molecule has 0 fully saturated rings. The van der Waals surface area contributed by atoms with E-state index in [0.717, 1.165) is 5.03 Å². The smallest absolute Gasteiger partial charge is 0.128 e. The van der Waals surface area contributed by atoms with E-state index in [1.807, 2.05) is 18.2 Å². The molecule has 2 aromatic rings. The van der Waals surface area contributed by atoms with Gasteiger partial charge < -0.3 is 0 Å². The second-order valence-electron chi connectivity index (χ2n) is 3.19. The SMILES string of the molecule is Fc1cc(Cl)ccc1CSc1ccccn1. The molecule has 0 saturated carbocycles. The molecule has 0 aliphatic heterocycles. The molecule has 1 aromatic carbocycles. The number of hydrogen-bond acceptors (Lipinski definition) is 2. The third kappa shape index (κ3) is 2.97. The second-order valence-corrected chi connectivity index (χ2v) is 4.62. The summed E-state index contributed by atoms with van der Waals surface area (Å²) in [5, 5.41) is 1.31. The molecule has 1 heterocycles. The minimum atomic E-state index is -0.268. The van der Waals surface area contributed by atoms with Crippen molar-refractivity contribution in [1.82, 2.24) is 4.98 Å². The lowest BCUT2D eigenvalue weighted by Gasteiger charge is -2.03. The molecule has 82 valence electrons. The zero-order chi connectivity index (χ0) is 11.4. The van der Waals surface area contributed by atoms with Gasteiger partial charge in [0.1, 0.15) is 5.82 Å². The first-order chi connectivity index (χ1) is 7.75. The molecule has 2 rings (SSSR count). The number of rotatable bonds is 3. The molecular formula is C12H9ClFNS. The third-order valence-corrected chi connectivity index (χ3v) is 3.26. The molecular weight excluding hydrogens is 245 g/mol. The molecule has 0 spiro atoms. The summed E-state index contributed by atoms with van der Waals surface area (Å²) in [6.45, 7) is 0. The van der Waals surface area contributed by atoms with Gasteiger partial charge in [-0.2, -0.15) is 0 Å². The summed E-state index contributed by atoms with van der Waals surface area (Å²) < 4.78 is 13.4. The van der Waals surface area contributed by atoms with Crippen molar-refractivity contribution in [3.05, 3.63) is 59.0 Å². The quantitative estimate of drug-likeness (QED) is 0.762. The van der Waals surface area contributed by atoms with E-state index in [4.69, 9.17) is 11.6 Å². The van der Waals surface area contributed by atoms with Crippen molar-refractivity contribution in [1.29, 1.82) is 0 Å². The van der Waals surface area contributed by atoms with Crippen LogP contribution < -0.4 is 0 Å². The average Bonchev–Trinajstić information content (AvgIpc) is 2.29. The van der Waals surface area contributed by atoms with Gasteiger partial charge in [0.2, 0.25) is 0 Å². The van der Waals surface area contributed by atoms with Crippen LogP contribution in [0, 0.1) is 5.82 Å². The van der Waals surface area contributed by atoms with E-state index in [1.165, 1.54) is 17.8 Å². The molecule has 0 aliphatic carbocycles. The lowest BCUT2D eigenvalue weighted by atomic mass is 10.2. The fourth-order valence-corrected chi connectivity index (χ4v) is 2.23. The Morgan fingerprint density at radius 1 is 1.25 bits per heavy atom. The first-order valence-corrected chi connectivity index (χ1v) is 6.10. The maximum atomic E-state index is 13.4. The van der Waals surface area contributed by atoms with Crippen molar-refractivity contribution < 1.29 is 4.39 Å². The van der Waals surface area contributed by atoms with Crippen molar-refractivity contribution in [3.63, 3.8) is 0 Å². The molecule has 0 radical (unpaired) electrons. The zero-order valence-electron chi connectivity index (χ0n) is 8.36. The standard InChI is InChI=1S/C12H9ClFNS/c13-10-5-4-9(11(14)7-10)8-16-12-3-1-2-6-15-12/h1-7H,8H2. The average molecular weight is 254 g/mol. The van der Waals surface area contributed by atoms with Crippen molar-refractivity contribution in [2.24, 2.45) is 0 Å². The molecule has 0 unspecified atom stereocenters. The summed E-state index contributed by atoms with van der Waals surface area (Å²) in [6.07, 6.45) is 1.72. The highest BCUT2D eigenvalue weighted by Crippen LogP contribution is 2.23. The van der Waals surface area contributed by atoms with Gasteiger partial charge >= 0.3 is 0 Å². The topological polar surface area (TPSA) is 12.9 Å². The van der Waals surface area contributed by atoms with E-state index in [-0.39, 0.29) is 5.82 Å². The first kappa shape index (κ1) is 11.4. The van der Waals surface area contributed by atoms with Crippen LogP contribution in [0.1, 0.15) is 5.56 Å². The molecule has 0 bridgehead atoms. The van der Waals surface area contributed by atoms with Crippen molar-refractivity contribution in [2.75, 3.05) is 0 Å². The Morgan fingerprint density at radius 3 is 2.81 bits per heavy atom. The molecule has 0 aliphatic rings. The van der Waals surface area contributed by atoms with Gasteiger partial charge in [-0.05, 0) is 29.8 Å². The van der Waals surface area contributed by atoms with Gasteiger partial charge in [0.05, 0.1) is 5.03 Å². The highest BCUT2D eigenvalue weighted by molar-refractivity contribution is 7.98. The number of thioether (sulfide) groups is 1. The molecule has 1 aromatic heterocycles. The lowest BCUT2D eigenvalue weighted by molar-refractivity contribution is 0.617. The Hall–Kier alpha value is -1.06. The molecule has 0 saturated heterocycles. The fourth-order valence-electron chi connectivity index (χ4n) is 1.22. The van der Waals surface area contributed by atoms with E-state index < -0.39 is 0 Å². The molecule has 0 atom stereocenters. The summed E-state index contributed by atoms with van der Waals surface area (Å²) >= 11 is 7.17. The van der Waals surface area contributed by atoms with E-state index in [2.05, 4.69) is 4.98 Å². The molecule has 0 N–H and O–H groups in total. The zero-order valence-corrected chi connectivity index (χ0v) is 9.93. The highest BCUT2D eigenvalue weighted by atomic mass is 35.5. The Kier molecular flexibility index (Phi) is 3.80. The predicted molar refractivity (Wildman–Crippen MR) is 65.2 cm³/mol. The molecule has 0 amide bonds. The summed E-state index contributed by atoms with van der Waals surface area (Å²) in [4.78, 5) is 4.16. The van der Waals surface area contributed by atoms with E-state index in [9.17, 15) is 4.39 Å². The maximum Gasteiger partial charge on any atom is 0.128 e. The van der Waals surface area contributed by atoms with Crippen molar-refractivity contribution in [2.45, 2.75) is 10.8 Å². The second kappa shape index (κ2) is 5.32. The number of aromatic nitrogens is 1. The van der Waals surface area contributed by atoms with Crippen LogP contribution in [0.25, 0.3) is 0 Å². The Balaban J connectivity index is 2.05. The number of pyridine rings is 1. The van der Waals surface area contributed by atoms with Gasteiger partial charge in [0.15, 0.2) is 0 Å². The largest absolute Gasteiger partial charge is 0.250 e. The summed E-state index contributed by atoms with van der Waals surface area (Å²) in [5.74, 6) is 0.288. The van der Waals surface area contributed by atoms with E-state index in [0.29, 0.717) is 16.3 Å². The van der Waals surface area contributed by atoms with Crippen LogP contribution in [-0.2, 0) is 5.75 Å². The summed E-state index contributed by atoms with van der Waals surface area (Å²) in [7, 11) is 0. The van der Waals surface area contributed by atoms with Gasteiger partial charge in [0, 0.05) is 17.0 Å². The van der Waals surface area contributed by atoms with Crippen molar-refractivity contribution in [3.8, 4) is 0 Å². The third-order valence-electron chi connectivity index (χ3n) is 2.03. The van der Waals surface area contributed by atoms with Gasteiger partial charge in [-0.15, -0.1) is 11.8 Å². The number of benzene rings is 1. The van der Waals surface area contributed by atoms with Crippen LogP contribution in [0.15, 0.2) is 47.6 Å². The number of hydrogen-bond donors (Lipinski definition) is 0. The summed E-state index contributed by atoms with van der Waals surface area (Å²) in [6, 6.07) is 10.4. The maximum absolute atomic E-state index is 13.4. The van der Waals surface area contributed by atoms with E-state index in [1.54, 1.807) is 18.3 Å². The monoisotopic (exact) mass is 253 g/mol. The Morgan fingerprint density at radius 2 is 2.12 bits per heavy atom. The van der Waals surface area contributed by atoms with Crippen LogP contribution in [0.2, 0.25) is 5.02 Å². The highest BCUT2D eigenvalue weighted by Gasteiger charge is 2.03. The van der Waals surface area contributed by atoms with E-state index >= 15 is 0 Å². The fraction of sp³-hybridized carbons (Fsp3) is 0.0833. The van der Waals surface area contributed by atoms with Crippen LogP contribution >= 0.6 is 23.4 Å². The van der Waals surface area contributed by atoms with Crippen LogP contribution in [-0.4, -0.2) is 4.98 Å².